The number of phenols is 1. The van der Waals surface area contributed by atoms with E-state index in [0.717, 1.165) is 24.2 Å². The highest BCUT2D eigenvalue weighted by Crippen LogP contribution is 2.53. The van der Waals surface area contributed by atoms with Gasteiger partial charge in [-0.1, -0.05) is 0 Å². The Morgan fingerprint density at radius 1 is 1.18 bits per heavy atom. The number of benzene rings is 1. The molecule has 3 atom stereocenters. The van der Waals surface area contributed by atoms with Crippen LogP contribution in [0.1, 0.15) is 41.6 Å². The number of rotatable bonds is 6. The van der Waals surface area contributed by atoms with Crippen LogP contribution in [-0.4, -0.2) is 62.2 Å². The molecule has 3 aliphatic carbocycles. The number of nitrogens with two attached hydrogens (primary N) is 1. The van der Waals surface area contributed by atoms with Gasteiger partial charge in [0.15, 0.2) is 11.4 Å². The van der Waals surface area contributed by atoms with Crippen LogP contribution in [0.15, 0.2) is 41.3 Å². The summed E-state index contributed by atoms with van der Waals surface area (Å²) in [5.41, 5.74) is 5.10. The van der Waals surface area contributed by atoms with Gasteiger partial charge in [0.1, 0.15) is 22.8 Å². The van der Waals surface area contributed by atoms with Crippen molar-refractivity contribution in [2.75, 3.05) is 19.0 Å². The Labute approximate surface area is 225 Å². The van der Waals surface area contributed by atoms with Crippen LogP contribution in [0.4, 0.5) is 5.69 Å². The van der Waals surface area contributed by atoms with Gasteiger partial charge in [-0.05, 0) is 67.3 Å². The van der Waals surface area contributed by atoms with E-state index in [2.05, 4.69) is 0 Å². The average molecular weight is 536 g/mol. The number of phenolic OH excluding ortho intramolecular Hbond substituents is 1. The van der Waals surface area contributed by atoms with E-state index >= 15 is 0 Å². The molecule has 0 spiro atoms. The van der Waals surface area contributed by atoms with Crippen molar-refractivity contribution in [3.8, 4) is 5.75 Å². The molecule has 1 aromatic heterocycles. The number of primary amides is 1. The first kappa shape index (κ1) is 26.6. The van der Waals surface area contributed by atoms with E-state index in [9.17, 15) is 34.8 Å². The van der Waals surface area contributed by atoms with Crippen LogP contribution in [0.5, 0.6) is 5.75 Å². The first-order valence-corrected chi connectivity index (χ1v) is 13.0. The molecular weight excluding hydrogens is 502 g/mol. The number of ketones is 2. The van der Waals surface area contributed by atoms with Crippen LogP contribution in [0.25, 0.3) is 5.76 Å². The number of fused-ring (bicyclic) bond motifs is 3. The standard InChI is InChI=1S/C29H33N3O7/c1-31(2)19-12-14(6-4-7-17-8-5-9-32(17)3)24(34)22-18(19)11-15-10-16-13-20(33)23(28(30)38)27(37)29(16,39)26(36)21(15)25(22)35/h5,8-9,12,15-16,34-35,37,39H,4,6-7,10-11,13H2,1-3H3,(H2,30,38)/t15-,16+,29+/m1/s1. The van der Waals surface area contributed by atoms with E-state index in [1.807, 2.05) is 55.0 Å². The molecule has 1 saturated carbocycles. The lowest BCUT2D eigenvalue weighted by Crippen LogP contribution is -2.58. The monoisotopic (exact) mass is 535 g/mol. The minimum absolute atomic E-state index is 0.106. The molecule has 2 aromatic rings. The average Bonchev–Trinajstić information content (AvgIpc) is 3.26. The fraction of sp³-hybridized carbons (Fsp3) is 0.414. The molecular formula is C29H33N3O7. The highest BCUT2D eigenvalue weighted by Gasteiger charge is 2.60. The predicted molar refractivity (Wildman–Crippen MR) is 143 cm³/mol. The van der Waals surface area contributed by atoms with Crippen LogP contribution in [0.2, 0.25) is 0 Å². The van der Waals surface area contributed by atoms with Crippen LogP contribution < -0.4 is 10.6 Å². The molecule has 5 rings (SSSR count). The SMILES string of the molecule is CN(C)c1cc(CCCc2cccn2C)c(O)c2c1C[C@H]1C[C@H]3CC(=O)C(C(N)=O)=C(O)[C@@]3(O)C(=O)C1=C2O. The molecule has 0 bridgehead atoms. The van der Waals surface area contributed by atoms with Crippen LogP contribution in [0, 0.1) is 11.8 Å². The van der Waals surface area contributed by atoms with Gasteiger partial charge in [-0.15, -0.1) is 0 Å². The number of carbonyl (C=O) groups excluding carboxylic acids is 3. The zero-order chi connectivity index (χ0) is 28.4. The lowest BCUT2D eigenvalue weighted by Gasteiger charge is -2.46. The maximum Gasteiger partial charge on any atom is 0.255 e. The predicted octanol–water partition coefficient (Wildman–Crippen LogP) is 2.00. The van der Waals surface area contributed by atoms with E-state index in [-0.39, 0.29) is 36.1 Å². The molecule has 206 valence electrons. The first-order chi connectivity index (χ1) is 18.4. The molecule has 6 N–H and O–H groups in total. The number of hydrogen-bond acceptors (Lipinski definition) is 8. The minimum atomic E-state index is -2.57. The van der Waals surface area contributed by atoms with Crippen molar-refractivity contribution >= 4 is 28.9 Å². The van der Waals surface area contributed by atoms with Crippen molar-refractivity contribution in [3.63, 3.8) is 0 Å². The summed E-state index contributed by atoms with van der Waals surface area (Å²) in [5.74, 6) is -6.18. The van der Waals surface area contributed by atoms with E-state index in [1.54, 1.807) is 0 Å². The Kier molecular flexibility index (Phi) is 6.33. The van der Waals surface area contributed by atoms with Crippen LogP contribution in [-0.2, 0) is 40.7 Å². The van der Waals surface area contributed by atoms with Gasteiger partial charge in [0.25, 0.3) is 5.91 Å². The smallest absolute Gasteiger partial charge is 0.255 e. The number of aliphatic hydroxyl groups excluding tert-OH is 2. The maximum atomic E-state index is 13.8. The molecule has 0 aliphatic heterocycles. The molecule has 3 aliphatic rings. The molecule has 0 saturated heterocycles. The number of aromatic nitrogens is 1. The highest BCUT2D eigenvalue weighted by atomic mass is 16.3. The van der Waals surface area contributed by atoms with Crippen molar-refractivity contribution in [3.05, 3.63) is 63.7 Å². The third-order valence-electron chi connectivity index (χ3n) is 8.53. The Morgan fingerprint density at radius 2 is 1.90 bits per heavy atom. The molecule has 39 heavy (non-hydrogen) atoms. The summed E-state index contributed by atoms with van der Waals surface area (Å²) in [4.78, 5) is 40.0. The fourth-order valence-corrected chi connectivity index (χ4v) is 6.53. The molecule has 1 amide bonds. The number of nitrogens with zero attached hydrogens (tertiary/aromatic N) is 2. The number of hydrogen-bond donors (Lipinski definition) is 5. The van der Waals surface area contributed by atoms with E-state index in [4.69, 9.17) is 5.73 Å². The number of aliphatic hydroxyl groups is 3. The summed E-state index contributed by atoms with van der Waals surface area (Å²) >= 11 is 0. The van der Waals surface area contributed by atoms with Gasteiger partial charge < -0.3 is 35.6 Å². The second-order valence-corrected chi connectivity index (χ2v) is 11.0. The summed E-state index contributed by atoms with van der Waals surface area (Å²) in [6, 6.07) is 5.90. The van der Waals surface area contributed by atoms with E-state index in [0.29, 0.717) is 17.5 Å². The van der Waals surface area contributed by atoms with Crippen molar-refractivity contribution < 1.29 is 34.8 Å². The lowest BCUT2D eigenvalue weighted by molar-refractivity contribution is -0.147. The highest BCUT2D eigenvalue weighted by molar-refractivity contribution is 6.22. The number of anilines is 1. The summed E-state index contributed by atoms with van der Waals surface area (Å²) in [6.07, 6.45) is 4.05. The van der Waals surface area contributed by atoms with Gasteiger partial charge in [-0.25, -0.2) is 0 Å². The summed E-state index contributed by atoms with van der Waals surface area (Å²) in [6.45, 7) is 0. The topological polar surface area (TPSA) is 166 Å². The fourth-order valence-electron chi connectivity index (χ4n) is 6.53. The third-order valence-corrected chi connectivity index (χ3v) is 8.53. The molecule has 0 radical (unpaired) electrons. The molecule has 1 aromatic carbocycles. The second kappa shape index (κ2) is 9.30. The number of Topliss-reactive ketones (excluding diaryl/α,β-unsaturated/α-hetero) is 2. The van der Waals surface area contributed by atoms with Gasteiger partial charge in [-0.3, -0.25) is 14.4 Å². The quantitative estimate of drug-likeness (QED) is 0.350. The number of aryl methyl sites for hydroxylation is 3. The molecule has 1 heterocycles. The van der Waals surface area contributed by atoms with Gasteiger partial charge in [0, 0.05) is 56.6 Å². The van der Waals surface area contributed by atoms with Gasteiger partial charge in [0.05, 0.1) is 5.56 Å². The van der Waals surface area contributed by atoms with Crippen molar-refractivity contribution in [1.29, 1.82) is 0 Å². The summed E-state index contributed by atoms with van der Waals surface area (Å²) < 4.78 is 2.04. The van der Waals surface area contributed by atoms with Crippen LogP contribution in [0.3, 0.4) is 0 Å². The van der Waals surface area contributed by atoms with E-state index in [1.165, 1.54) is 0 Å². The molecule has 10 heteroatoms. The van der Waals surface area contributed by atoms with Crippen LogP contribution >= 0.6 is 0 Å². The van der Waals surface area contributed by atoms with Crippen molar-refractivity contribution in [2.45, 2.75) is 44.1 Å². The lowest BCUT2D eigenvalue weighted by atomic mass is 9.59. The number of carbonyl (C=O) groups is 3. The largest absolute Gasteiger partial charge is 0.508 e. The normalized spacial score (nSPS) is 24.4. The Morgan fingerprint density at radius 3 is 2.51 bits per heavy atom. The molecule has 10 nitrogen and oxygen atoms in total. The minimum Gasteiger partial charge on any atom is -0.508 e. The second-order valence-electron chi connectivity index (χ2n) is 11.0. The van der Waals surface area contributed by atoms with Gasteiger partial charge in [0.2, 0.25) is 5.78 Å². The number of amides is 1. The van der Waals surface area contributed by atoms with Crippen molar-refractivity contribution in [1.82, 2.24) is 4.57 Å². The first-order valence-electron chi connectivity index (χ1n) is 13.0. The Hall–Kier alpha value is -4.05. The Bertz CT molecular complexity index is 1480. The third kappa shape index (κ3) is 3.93. The summed E-state index contributed by atoms with van der Waals surface area (Å²) in [7, 11) is 5.68. The zero-order valence-electron chi connectivity index (χ0n) is 22.2. The summed E-state index contributed by atoms with van der Waals surface area (Å²) in [5, 5.41) is 45.0. The zero-order valence-corrected chi connectivity index (χ0v) is 22.2. The van der Waals surface area contributed by atoms with E-state index < -0.39 is 52.0 Å². The maximum absolute atomic E-state index is 13.8. The van der Waals surface area contributed by atoms with Gasteiger partial charge in [-0.2, -0.15) is 0 Å². The molecule has 1 fully saturated rings. The molecule has 0 unspecified atom stereocenters. The van der Waals surface area contributed by atoms with Crippen molar-refractivity contribution in [2.24, 2.45) is 24.6 Å². The number of aromatic hydroxyl groups is 1. The van der Waals surface area contributed by atoms with Gasteiger partial charge >= 0.3 is 0 Å². The Balaban J connectivity index is 1.59.